The lowest BCUT2D eigenvalue weighted by atomic mass is 10.1. The lowest BCUT2D eigenvalue weighted by Gasteiger charge is -2.08. The van der Waals surface area contributed by atoms with E-state index in [0.717, 1.165) is 37.8 Å². The highest BCUT2D eigenvalue weighted by Gasteiger charge is 2.14. The summed E-state index contributed by atoms with van der Waals surface area (Å²) < 4.78 is 5.31. The van der Waals surface area contributed by atoms with Crippen molar-refractivity contribution in [1.82, 2.24) is 15.3 Å². The summed E-state index contributed by atoms with van der Waals surface area (Å²) in [4.78, 5) is 8.40. The highest BCUT2D eigenvalue weighted by Crippen LogP contribution is 2.10. The minimum absolute atomic E-state index is 0.674. The first-order chi connectivity index (χ1) is 7.34. The molecule has 1 aromatic rings. The molecule has 1 N–H and O–H groups in total. The van der Waals surface area contributed by atoms with Crippen LogP contribution in [0, 0.1) is 12.8 Å². The fraction of sp³-hybridized carbons (Fsp3) is 0.636. The van der Waals surface area contributed by atoms with Crippen LogP contribution >= 0.6 is 0 Å². The van der Waals surface area contributed by atoms with Crippen molar-refractivity contribution < 1.29 is 4.74 Å². The third kappa shape index (κ3) is 3.25. The average molecular weight is 207 g/mol. The number of nitrogens with one attached hydrogen (secondary N) is 1. The molecule has 1 unspecified atom stereocenters. The Morgan fingerprint density at radius 1 is 1.60 bits per heavy atom. The van der Waals surface area contributed by atoms with Gasteiger partial charge in [0.05, 0.1) is 12.3 Å². The first-order valence-corrected chi connectivity index (χ1v) is 5.41. The van der Waals surface area contributed by atoms with Crippen molar-refractivity contribution in [2.75, 3.05) is 19.8 Å². The highest BCUT2D eigenvalue weighted by molar-refractivity contribution is 5.00. The van der Waals surface area contributed by atoms with E-state index < -0.39 is 0 Å². The zero-order valence-electron chi connectivity index (χ0n) is 9.07. The number of aryl methyl sites for hydroxylation is 1. The number of ether oxygens (including phenoxy) is 1. The summed E-state index contributed by atoms with van der Waals surface area (Å²) in [7, 11) is 0. The summed E-state index contributed by atoms with van der Waals surface area (Å²) in [5, 5.41) is 3.40. The fourth-order valence-electron chi connectivity index (χ4n) is 1.75. The van der Waals surface area contributed by atoms with Gasteiger partial charge in [-0.3, -0.25) is 0 Å². The second kappa shape index (κ2) is 5.19. The molecule has 1 saturated heterocycles. The molecule has 0 amide bonds. The van der Waals surface area contributed by atoms with Crippen LogP contribution in [0.1, 0.15) is 17.9 Å². The summed E-state index contributed by atoms with van der Waals surface area (Å²) in [5.41, 5.74) is 1.06. The molecule has 82 valence electrons. The van der Waals surface area contributed by atoms with Crippen LogP contribution in [0.3, 0.4) is 0 Å². The van der Waals surface area contributed by atoms with Crippen molar-refractivity contribution >= 4 is 0 Å². The van der Waals surface area contributed by atoms with Gasteiger partial charge in [0.15, 0.2) is 0 Å². The summed E-state index contributed by atoms with van der Waals surface area (Å²) >= 11 is 0. The maximum absolute atomic E-state index is 5.31. The molecule has 0 radical (unpaired) electrons. The first-order valence-electron chi connectivity index (χ1n) is 5.41. The summed E-state index contributed by atoms with van der Waals surface area (Å²) in [6.45, 7) is 5.56. The van der Waals surface area contributed by atoms with E-state index in [1.165, 1.54) is 6.42 Å². The quantitative estimate of drug-likeness (QED) is 0.797. The molecule has 0 saturated carbocycles. The fourth-order valence-corrected chi connectivity index (χ4v) is 1.75. The van der Waals surface area contributed by atoms with Crippen LogP contribution in [-0.4, -0.2) is 29.7 Å². The molecule has 0 bridgehead atoms. The van der Waals surface area contributed by atoms with Crippen LogP contribution < -0.4 is 5.32 Å². The molecule has 0 aromatic carbocycles. The molecule has 1 aliphatic rings. The van der Waals surface area contributed by atoms with E-state index in [1.807, 2.05) is 13.0 Å². The number of hydrogen-bond donors (Lipinski definition) is 1. The molecule has 0 aliphatic carbocycles. The standard InChI is InChI=1S/C11H17N3O/c1-9-13-4-2-11(14-9)7-12-6-10-3-5-15-8-10/h2,4,10,12H,3,5-8H2,1H3. The van der Waals surface area contributed by atoms with E-state index in [-0.39, 0.29) is 0 Å². The SMILES string of the molecule is Cc1nccc(CNCC2CCOC2)n1. The van der Waals surface area contributed by atoms with Gasteiger partial charge in [0, 0.05) is 25.9 Å². The summed E-state index contributed by atoms with van der Waals surface area (Å²) in [6, 6.07) is 1.95. The molecule has 1 aliphatic heterocycles. The Kier molecular flexibility index (Phi) is 3.64. The van der Waals surface area contributed by atoms with Gasteiger partial charge in [0.1, 0.15) is 5.82 Å². The molecule has 2 heterocycles. The van der Waals surface area contributed by atoms with Gasteiger partial charge >= 0.3 is 0 Å². The zero-order chi connectivity index (χ0) is 10.5. The molecule has 2 rings (SSSR count). The molecule has 0 spiro atoms. The van der Waals surface area contributed by atoms with E-state index in [4.69, 9.17) is 4.74 Å². The first kappa shape index (κ1) is 10.5. The van der Waals surface area contributed by atoms with Gasteiger partial charge in [0.25, 0.3) is 0 Å². The van der Waals surface area contributed by atoms with Gasteiger partial charge in [-0.25, -0.2) is 9.97 Å². The Balaban J connectivity index is 1.73. The number of aromatic nitrogens is 2. The largest absolute Gasteiger partial charge is 0.381 e. The summed E-state index contributed by atoms with van der Waals surface area (Å²) in [5.74, 6) is 1.51. The van der Waals surface area contributed by atoms with Gasteiger partial charge in [-0.2, -0.15) is 0 Å². The lowest BCUT2D eigenvalue weighted by Crippen LogP contribution is -2.23. The van der Waals surface area contributed by atoms with E-state index in [9.17, 15) is 0 Å². The highest BCUT2D eigenvalue weighted by atomic mass is 16.5. The topological polar surface area (TPSA) is 47.0 Å². The summed E-state index contributed by atoms with van der Waals surface area (Å²) in [6.07, 6.45) is 2.98. The maximum atomic E-state index is 5.31. The van der Waals surface area contributed by atoms with Crippen LogP contribution in [0.2, 0.25) is 0 Å². The Hall–Kier alpha value is -1.00. The van der Waals surface area contributed by atoms with Gasteiger partial charge in [-0.15, -0.1) is 0 Å². The monoisotopic (exact) mass is 207 g/mol. The van der Waals surface area contributed by atoms with Gasteiger partial charge in [0.2, 0.25) is 0 Å². The number of hydrogen-bond acceptors (Lipinski definition) is 4. The molecule has 15 heavy (non-hydrogen) atoms. The molecular formula is C11H17N3O. The molecule has 4 heteroatoms. The van der Waals surface area contributed by atoms with E-state index in [0.29, 0.717) is 5.92 Å². The van der Waals surface area contributed by atoms with Crippen LogP contribution in [-0.2, 0) is 11.3 Å². The van der Waals surface area contributed by atoms with Gasteiger partial charge in [-0.1, -0.05) is 0 Å². The maximum Gasteiger partial charge on any atom is 0.125 e. The van der Waals surface area contributed by atoms with Gasteiger partial charge < -0.3 is 10.1 Å². The van der Waals surface area contributed by atoms with Gasteiger partial charge in [-0.05, 0) is 25.3 Å². The molecule has 4 nitrogen and oxygen atoms in total. The third-order valence-electron chi connectivity index (χ3n) is 2.60. The van der Waals surface area contributed by atoms with Crippen LogP contribution in [0.15, 0.2) is 12.3 Å². The Labute approximate surface area is 90.1 Å². The molecule has 1 atom stereocenters. The third-order valence-corrected chi connectivity index (χ3v) is 2.60. The van der Waals surface area contributed by atoms with Crippen molar-refractivity contribution in [1.29, 1.82) is 0 Å². The number of nitrogens with zero attached hydrogens (tertiary/aromatic N) is 2. The molecule has 1 aromatic heterocycles. The Morgan fingerprint density at radius 3 is 3.27 bits per heavy atom. The second-order valence-electron chi connectivity index (χ2n) is 3.96. The molecular weight excluding hydrogens is 190 g/mol. The van der Waals surface area contributed by atoms with Crippen molar-refractivity contribution in [3.05, 3.63) is 23.8 Å². The Morgan fingerprint density at radius 2 is 2.53 bits per heavy atom. The Bertz CT molecular complexity index is 310. The van der Waals surface area contributed by atoms with Crippen molar-refractivity contribution in [2.24, 2.45) is 5.92 Å². The van der Waals surface area contributed by atoms with Crippen molar-refractivity contribution in [3.8, 4) is 0 Å². The van der Waals surface area contributed by atoms with E-state index >= 15 is 0 Å². The number of rotatable bonds is 4. The zero-order valence-corrected chi connectivity index (χ0v) is 9.07. The van der Waals surface area contributed by atoms with E-state index in [2.05, 4.69) is 15.3 Å². The lowest BCUT2D eigenvalue weighted by molar-refractivity contribution is 0.185. The molecule has 1 fully saturated rings. The van der Waals surface area contributed by atoms with Crippen molar-refractivity contribution in [3.63, 3.8) is 0 Å². The minimum Gasteiger partial charge on any atom is -0.381 e. The van der Waals surface area contributed by atoms with Crippen molar-refractivity contribution in [2.45, 2.75) is 19.9 Å². The normalized spacial score (nSPS) is 20.7. The smallest absolute Gasteiger partial charge is 0.125 e. The van der Waals surface area contributed by atoms with Crippen LogP contribution in [0.25, 0.3) is 0 Å². The predicted octanol–water partition coefficient (Wildman–Crippen LogP) is 0.911. The van der Waals surface area contributed by atoms with Crippen LogP contribution in [0.4, 0.5) is 0 Å². The average Bonchev–Trinajstić information content (AvgIpc) is 2.71. The minimum atomic E-state index is 0.674. The predicted molar refractivity (Wildman–Crippen MR) is 57.4 cm³/mol. The van der Waals surface area contributed by atoms with Crippen LogP contribution in [0.5, 0.6) is 0 Å². The van der Waals surface area contributed by atoms with E-state index in [1.54, 1.807) is 6.20 Å². The second-order valence-corrected chi connectivity index (χ2v) is 3.96.